The fourth-order valence-corrected chi connectivity index (χ4v) is 3.28. The lowest BCUT2D eigenvalue weighted by Gasteiger charge is -2.18. The quantitative estimate of drug-likeness (QED) is 0.447. The van der Waals surface area contributed by atoms with Gasteiger partial charge in [0.15, 0.2) is 0 Å². The summed E-state index contributed by atoms with van der Waals surface area (Å²) < 4.78 is 0. The molecule has 0 spiro atoms. The van der Waals surface area contributed by atoms with Gasteiger partial charge in [-0.3, -0.25) is 0 Å². The first kappa shape index (κ1) is 18.0. The molecule has 0 radical (unpaired) electrons. The minimum absolute atomic E-state index is 1.14. The third-order valence-electron chi connectivity index (χ3n) is 4.13. The number of allylic oxidation sites excluding steroid dienone is 18. The topological polar surface area (TPSA) is 0 Å². The number of fused-ring (bicyclic) bond motifs is 2. The third-order valence-corrected chi connectivity index (χ3v) is 4.13. The molecule has 0 heteroatoms. The van der Waals surface area contributed by atoms with E-state index < -0.39 is 0 Å². The fraction of sp³-hybridized carbons (Fsp3) is 0.250. The molecule has 0 nitrogen and oxygen atoms in total. The normalized spacial score (nSPS) is 28.3. The monoisotopic (exact) mass is 316 g/mol. The first-order valence-corrected chi connectivity index (χ1v) is 9.21. The Hall–Kier alpha value is -2.34. The van der Waals surface area contributed by atoms with E-state index in [-0.39, 0.29) is 0 Å². The van der Waals surface area contributed by atoms with Gasteiger partial charge in [-0.15, -0.1) is 0 Å². The molecule has 0 bridgehead atoms. The van der Waals surface area contributed by atoms with Gasteiger partial charge in [0.2, 0.25) is 0 Å². The Morgan fingerprint density at radius 1 is 0.625 bits per heavy atom. The Balaban J connectivity index is 0.000000487. The summed E-state index contributed by atoms with van der Waals surface area (Å²) in [7, 11) is 0. The highest BCUT2D eigenvalue weighted by atomic mass is 14.3. The second-order valence-electron chi connectivity index (χ2n) is 5.31. The highest BCUT2D eigenvalue weighted by molar-refractivity contribution is 5.78. The van der Waals surface area contributed by atoms with Crippen molar-refractivity contribution in [2.75, 3.05) is 0 Å². The Morgan fingerprint density at radius 2 is 1.21 bits per heavy atom. The molecule has 0 unspecified atom stereocenters. The van der Waals surface area contributed by atoms with Gasteiger partial charge in [0.05, 0.1) is 0 Å². The summed E-state index contributed by atoms with van der Waals surface area (Å²) in [6.07, 6.45) is 28.6. The standard InChI is InChI=1S/C20H16.2C2H6/c1-2-6-12-17-16(11-5-1)18-13-7-3-4-9-15-10-8-14-19(17)20(15)18;2*1-2/h1-7,9,11-14H,8,10H2;2*1-2H3/b2-1-,4-3-,5-1?,6-2?,7-3?,9-4?,11-5-,12-6-,13-7-,15-9-,16-11?,17-12?,18-13?;;. The fourth-order valence-electron chi connectivity index (χ4n) is 3.28. The second kappa shape index (κ2) is 9.08. The van der Waals surface area contributed by atoms with Gasteiger partial charge in [0, 0.05) is 0 Å². The predicted octanol–water partition coefficient (Wildman–Crippen LogP) is 7.10. The summed E-state index contributed by atoms with van der Waals surface area (Å²) in [6.45, 7) is 8.00. The van der Waals surface area contributed by atoms with Crippen LogP contribution in [0.4, 0.5) is 0 Å². The Labute approximate surface area is 147 Å². The van der Waals surface area contributed by atoms with E-state index in [2.05, 4.69) is 72.9 Å². The van der Waals surface area contributed by atoms with Gasteiger partial charge in [-0.05, 0) is 46.3 Å². The van der Waals surface area contributed by atoms with Gasteiger partial charge in [-0.2, -0.15) is 0 Å². The second-order valence-corrected chi connectivity index (χ2v) is 5.31. The molecule has 0 saturated heterocycles. The van der Waals surface area contributed by atoms with Crippen LogP contribution in [0, 0.1) is 0 Å². The number of hydrogen-bond donors (Lipinski definition) is 0. The molecule has 0 aliphatic heterocycles. The number of rotatable bonds is 0. The molecular formula is C24H28. The molecule has 0 saturated carbocycles. The Bertz CT molecular complexity index is 735. The van der Waals surface area contributed by atoms with Crippen LogP contribution in [0.1, 0.15) is 40.5 Å². The van der Waals surface area contributed by atoms with Gasteiger partial charge in [-0.25, -0.2) is 0 Å². The molecule has 4 rings (SSSR count). The molecule has 0 fully saturated rings. The molecule has 124 valence electrons. The van der Waals surface area contributed by atoms with Crippen molar-refractivity contribution < 1.29 is 0 Å². The van der Waals surface area contributed by atoms with Crippen LogP contribution in [0.5, 0.6) is 0 Å². The summed E-state index contributed by atoms with van der Waals surface area (Å²) in [5.74, 6) is 0. The largest absolute Gasteiger partial charge is 0.0757 e. The van der Waals surface area contributed by atoms with Crippen molar-refractivity contribution in [2.24, 2.45) is 0 Å². The lowest BCUT2D eigenvalue weighted by molar-refractivity contribution is 0.951. The van der Waals surface area contributed by atoms with Gasteiger partial charge in [0.25, 0.3) is 0 Å². The van der Waals surface area contributed by atoms with Crippen molar-refractivity contribution in [3.05, 3.63) is 106 Å². The summed E-state index contributed by atoms with van der Waals surface area (Å²) in [5.41, 5.74) is 8.43. The van der Waals surface area contributed by atoms with Gasteiger partial charge >= 0.3 is 0 Å². The molecule has 4 aliphatic rings. The first-order valence-electron chi connectivity index (χ1n) is 9.21. The molecule has 0 aromatic carbocycles. The van der Waals surface area contributed by atoms with E-state index in [0.29, 0.717) is 0 Å². The summed E-state index contributed by atoms with van der Waals surface area (Å²) in [5, 5.41) is 0. The summed E-state index contributed by atoms with van der Waals surface area (Å²) in [6, 6.07) is 0. The predicted molar refractivity (Wildman–Crippen MR) is 108 cm³/mol. The Morgan fingerprint density at radius 3 is 1.92 bits per heavy atom. The zero-order chi connectivity index (χ0) is 17.4. The molecule has 0 heterocycles. The van der Waals surface area contributed by atoms with Gasteiger partial charge in [-0.1, -0.05) is 101 Å². The molecule has 0 aromatic heterocycles. The van der Waals surface area contributed by atoms with Crippen LogP contribution in [0.25, 0.3) is 0 Å². The van der Waals surface area contributed by atoms with E-state index in [4.69, 9.17) is 0 Å². The smallest absolute Gasteiger partial charge is 0.00699 e. The van der Waals surface area contributed by atoms with Crippen molar-refractivity contribution in [3.8, 4) is 0 Å². The number of hydrogen-bond acceptors (Lipinski definition) is 0. The third kappa shape index (κ3) is 3.43. The van der Waals surface area contributed by atoms with E-state index in [9.17, 15) is 0 Å². The van der Waals surface area contributed by atoms with Crippen molar-refractivity contribution in [2.45, 2.75) is 40.5 Å². The van der Waals surface area contributed by atoms with E-state index in [1.54, 1.807) is 0 Å². The lowest BCUT2D eigenvalue weighted by atomic mass is 9.85. The van der Waals surface area contributed by atoms with Crippen LogP contribution in [-0.4, -0.2) is 0 Å². The average molecular weight is 316 g/mol. The highest BCUT2D eigenvalue weighted by Crippen LogP contribution is 2.46. The van der Waals surface area contributed by atoms with Gasteiger partial charge in [0.1, 0.15) is 0 Å². The van der Waals surface area contributed by atoms with E-state index >= 15 is 0 Å². The molecule has 0 atom stereocenters. The summed E-state index contributed by atoms with van der Waals surface area (Å²) >= 11 is 0. The molecule has 4 aliphatic carbocycles. The minimum Gasteiger partial charge on any atom is -0.0757 e. The van der Waals surface area contributed by atoms with Crippen LogP contribution in [0.2, 0.25) is 0 Å². The van der Waals surface area contributed by atoms with Crippen molar-refractivity contribution in [1.29, 1.82) is 0 Å². The molecular weight excluding hydrogens is 288 g/mol. The zero-order valence-corrected chi connectivity index (χ0v) is 15.3. The minimum atomic E-state index is 1.14. The SMILES string of the molecule is C1=C2C3=C(\C=C/C=C\C=C/3)C3=C2C(=C/C=C\C=C/3)\CC1.CC.CC. The van der Waals surface area contributed by atoms with Crippen LogP contribution in [0.15, 0.2) is 106 Å². The van der Waals surface area contributed by atoms with Crippen molar-refractivity contribution in [1.82, 2.24) is 0 Å². The van der Waals surface area contributed by atoms with Crippen LogP contribution < -0.4 is 0 Å². The average Bonchev–Trinajstić information content (AvgIpc) is 2.88. The highest BCUT2D eigenvalue weighted by Gasteiger charge is 2.29. The van der Waals surface area contributed by atoms with E-state index in [0.717, 1.165) is 12.8 Å². The molecule has 24 heavy (non-hydrogen) atoms. The van der Waals surface area contributed by atoms with E-state index in [1.165, 1.54) is 33.4 Å². The van der Waals surface area contributed by atoms with Crippen LogP contribution in [-0.2, 0) is 0 Å². The Kier molecular flexibility index (Phi) is 6.81. The lowest BCUT2D eigenvalue weighted by Crippen LogP contribution is -2.00. The zero-order valence-electron chi connectivity index (χ0n) is 15.3. The van der Waals surface area contributed by atoms with E-state index in [1.807, 2.05) is 27.7 Å². The van der Waals surface area contributed by atoms with Crippen LogP contribution >= 0.6 is 0 Å². The van der Waals surface area contributed by atoms with Crippen LogP contribution in [0.3, 0.4) is 0 Å². The maximum Gasteiger partial charge on any atom is -0.00699 e. The first-order chi connectivity index (χ1) is 11.9. The molecule has 0 N–H and O–H groups in total. The molecule has 0 aromatic rings. The molecule has 0 amide bonds. The van der Waals surface area contributed by atoms with Gasteiger partial charge < -0.3 is 0 Å². The van der Waals surface area contributed by atoms with Crippen molar-refractivity contribution >= 4 is 0 Å². The van der Waals surface area contributed by atoms with Crippen molar-refractivity contribution in [3.63, 3.8) is 0 Å². The maximum absolute atomic E-state index is 2.40. The summed E-state index contributed by atoms with van der Waals surface area (Å²) in [4.78, 5) is 0. The maximum atomic E-state index is 2.40.